The van der Waals surface area contributed by atoms with Crippen LogP contribution in [0.1, 0.15) is 47.8 Å². The molecule has 178 valence electrons. The third kappa shape index (κ3) is 4.52. The molecule has 0 spiro atoms. The number of hydrogen-bond acceptors (Lipinski definition) is 7. The van der Waals surface area contributed by atoms with Gasteiger partial charge in [0, 0.05) is 18.4 Å². The number of fused-ring (bicyclic) bond motifs is 1. The number of anilines is 1. The smallest absolute Gasteiger partial charge is 0.280 e. The van der Waals surface area contributed by atoms with E-state index in [9.17, 15) is 9.59 Å². The molecule has 0 radical (unpaired) electrons. The highest BCUT2D eigenvalue weighted by molar-refractivity contribution is 6.74. The maximum atomic E-state index is 12.6. The quantitative estimate of drug-likeness (QED) is 0.559. The lowest BCUT2D eigenvalue weighted by molar-refractivity contribution is -0.118. The summed E-state index contributed by atoms with van der Waals surface area (Å²) in [4.78, 5) is 36.0. The van der Waals surface area contributed by atoms with E-state index in [4.69, 9.17) is 14.9 Å². The Morgan fingerprint density at radius 2 is 2.06 bits per heavy atom. The minimum absolute atomic E-state index is 0.0127. The Kier molecular flexibility index (Phi) is 6.67. The zero-order chi connectivity index (χ0) is 24.0. The lowest BCUT2D eigenvalue weighted by Gasteiger charge is -2.40. The molecule has 0 aliphatic carbocycles. The minimum atomic E-state index is -2.13. The SMILES string of the molecule is CC(C)C(=O)Nc1nc2c(ncn2[C@@H]2O[C@H](CN)[C@@H](C)[C@H]2O[Si](C)(C)C(C)(C)C)c(=O)[nH]1. The number of hydrogen-bond donors (Lipinski definition) is 3. The zero-order valence-corrected chi connectivity index (χ0v) is 21.2. The lowest BCUT2D eigenvalue weighted by Crippen LogP contribution is -2.47. The summed E-state index contributed by atoms with van der Waals surface area (Å²) >= 11 is 0. The number of aromatic nitrogens is 4. The molecule has 10 nitrogen and oxygen atoms in total. The predicted octanol–water partition coefficient (Wildman–Crippen LogP) is 2.60. The average Bonchev–Trinajstić information content (AvgIpc) is 3.22. The number of carbonyl (C=O) groups is 1. The van der Waals surface area contributed by atoms with Crippen LogP contribution in [0.15, 0.2) is 11.1 Å². The number of nitrogens with two attached hydrogens (primary N) is 1. The maximum Gasteiger partial charge on any atom is 0.280 e. The minimum Gasteiger partial charge on any atom is -0.409 e. The number of imidazole rings is 1. The number of rotatable bonds is 6. The van der Waals surface area contributed by atoms with Crippen molar-refractivity contribution in [2.75, 3.05) is 11.9 Å². The number of ether oxygens (including phenoxy) is 1. The lowest BCUT2D eigenvalue weighted by atomic mass is 10.0. The van der Waals surface area contributed by atoms with Crippen LogP contribution >= 0.6 is 0 Å². The summed E-state index contributed by atoms with van der Waals surface area (Å²) in [5.41, 5.74) is 6.05. The van der Waals surface area contributed by atoms with Crippen molar-refractivity contribution >= 4 is 31.3 Å². The number of amides is 1. The fraction of sp³-hybridized carbons (Fsp3) is 0.714. The van der Waals surface area contributed by atoms with E-state index in [1.54, 1.807) is 24.7 Å². The highest BCUT2D eigenvalue weighted by atomic mass is 28.4. The molecule has 32 heavy (non-hydrogen) atoms. The van der Waals surface area contributed by atoms with E-state index in [0.29, 0.717) is 12.2 Å². The number of nitrogens with one attached hydrogen (secondary N) is 2. The Morgan fingerprint density at radius 1 is 1.41 bits per heavy atom. The highest BCUT2D eigenvalue weighted by Crippen LogP contribution is 2.43. The average molecular weight is 465 g/mol. The maximum absolute atomic E-state index is 12.6. The van der Waals surface area contributed by atoms with Gasteiger partial charge in [0.15, 0.2) is 25.7 Å². The largest absolute Gasteiger partial charge is 0.409 e. The van der Waals surface area contributed by atoms with Crippen molar-refractivity contribution in [3.05, 3.63) is 16.7 Å². The Morgan fingerprint density at radius 3 is 2.62 bits per heavy atom. The van der Waals surface area contributed by atoms with Gasteiger partial charge in [-0.3, -0.25) is 24.5 Å². The van der Waals surface area contributed by atoms with Crippen molar-refractivity contribution in [1.82, 2.24) is 19.5 Å². The van der Waals surface area contributed by atoms with E-state index >= 15 is 0 Å². The van der Waals surface area contributed by atoms with Crippen LogP contribution in [0.2, 0.25) is 18.1 Å². The van der Waals surface area contributed by atoms with Gasteiger partial charge in [-0.15, -0.1) is 0 Å². The van der Waals surface area contributed by atoms with Crippen LogP contribution in [-0.4, -0.2) is 52.5 Å². The van der Waals surface area contributed by atoms with Crippen LogP contribution in [0, 0.1) is 11.8 Å². The normalized spacial score (nSPS) is 24.4. The Bertz CT molecular complexity index is 1040. The molecule has 0 unspecified atom stereocenters. The Balaban J connectivity index is 2.05. The molecule has 2 aromatic heterocycles. The van der Waals surface area contributed by atoms with Crippen LogP contribution < -0.4 is 16.6 Å². The number of carbonyl (C=O) groups excluding carboxylic acids is 1. The first-order chi connectivity index (χ1) is 14.8. The summed E-state index contributed by atoms with van der Waals surface area (Å²) in [5, 5.41) is 2.66. The summed E-state index contributed by atoms with van der Waals surface area (Å²) in [6.45, 7) is 16.9. The molecule has 0 saturated carbocycles. The van der Waals surface area contributed by atoms with Gasteiger partial charge in [-0.05, 0) is 18.1 Å². The molecule has 0 aromatic carbocycles. The van der Waals surface area contributed by atoms with Gasteiger partial charge in [-0.1, -0.05) is 41.5 Å². The standard InChI is InChI=1S/C21H36N6O4Si/c1-11(2)17(28)25-20-24-16-14(18(29)26-20)23-10-27(16)19-15(12(3)13(9-22)30-19)31-32(7,8)21(4,5)6/h10-13,15,19H,9,22H2,1-8H3,(H2,24,25,26,28,29)/t12-,13-,15-,19-/m1/s1. The number of H-pyrrole nitrogens is 1. The van der Waals surface area contributed by atoms with Gasteiger partial charge < -0.3 is 14.9 Å². The van der Waals surface area contributed by atoms with Crippen molar-refractivity contribution in [3.63, 3.8) is 0 Å². The summed E-state index contributed by atoms with van der Waals surface area (Å²) < 4.78 is 14.8. The second-order valence-electron chi connectivity index (χ2n) is 10.4. The van der Waals surface area contributed by atoms with E-state index in [-0.39, 0.29) is 46.5 Å². The van der Waals surface area contributed by atoms with E-state index in [1.807, 2.05) is 0 Å². The molecule has 2 aromatic rings. The van der Waals surface area contributed by atoms with Crippen LogP contribution in [0.3, 0.4) is 0 Å². The molecule has 1 saturated heterocycles. The molecule has 1 amide bonds. The van der Waals surface area contributed by atoms with Gasteiger partial charge in [0.25, 0.3) is 5.56 Å². The van der Waals surface area contributed by atoms with E-state index in [2.05, 4.69) is 61.1 Å². The van der Waals surface area contributed by atoms with E-state index in [0.717, 1.165) is 0 Å². The first-order valence-electron chi connectivity index (χ1n) is 11.1. The predicted molar refractivity (Wildman–Crippen MR) is 126 cm³/mol. The molecule has 3 rings (SSSR count). The third-order valence-corrected chi connectivity index (χ3v) is 11.1. The number of aromatic amines is 1. The van der Waals surface area contributed by atoms with Crippen LogP contribution in [0.25, 0.3) is 11.2 Å². The molecule has 11 heteroatoms. The van der Waals surface area contributed by atoms with Gasteiger partial charge in [0.2, 0.25) is 11.9 Å². The van der Waals surface area contributed by atoms with E-state index in [1.165, 1.54) is 0 Å². The summed E-state index contributed by atoms with van der Waals surface area (Å²) in [7, 11) is -2.13. The highest BCUT2D eigenvalue weighted by Gasteiger charge is 2.49. The monoisotopic (exact) mass is 464 g/mol. The van der Waals surface area contributed by atoms with Gasteiger partial charge in [0.05, 0.1) is 18.5 Å². The Hall–Kier alpha value is -2.08. The summed E-state index contributed by atoms with van der Waals surface area (Å²) in [5.74, 6) is -0.385. The van der Waals surface area contributed by atoms with Crippen molar-refractivity contribution in [3.8, 4) is 0 Å². The molecular formula is C21H36N6O4Si. The first kappa shape index (κ1) is 24.6. The second-order valence-corrected chi connectivity index (χ2v) is 15.1. The van der Waals surface area contributed by atoms with Crippen LogP contribution in [0.4, 0.5) is 5.95 Å². The topological polar surface area (TPSA) is 137 Å². The molecule has 0 bridgehead atoms. The zero-order valence-electron chi connectivity index (χ0n) is 20.2. The van der Waals surface area contributed by atoms with Gasteiger partial charge in [0.1, 0.15) is 0 Å². The fourth-order valence-electron chi connectivity index (χ4n) is 3.46. The second kappa shape index (κ2) is 8.69. The molecule has 1 aliphatic heterocycles. The molecule has 1 aliphatic rings. The molecule has 4 N–H and O–H groups in total. The van der Waals surface area contributed by atoms with Crippen molar-refractivity contribution in [2.45, 2.75) is 78.1 Å². The number of nitrogens with zero attached hydrogens (tertiary/aromatic N) is 3. The van der Waals surface area contributed by atoms with Gasteiger partial charge in [-0.25, -0.2) is 4.98 Å². The van der Waals surface area contributed by atoms with E-state index < -0.39 is 20.1 Å². The first-order valence-corrected chi connectivity index (χ1v) is 14.0. The third-order valence-electron chi connectivity index (χ3n) is 6.64. The van der Waals surface area contributed by atoms with Crippen molar-refractivity contribution in [2.24, 2.45) is 17.6 Å². The van der Waals surface area contributed by atoms with Crippen molar-refractivity contribution in [1.29, 1.82) is 0 Å². The Labute approximate surface area is 189 Å². The molecule has 3 heterocycles. The molecule has 1 fully saturated rings. The van der Waals surface area contributed by atoms with Gasteiger partial charge >= 0.3 is 0 Å². The van der Waals surface area contributed by atoms with Crippen molar-refractivity contribution < 1.29 is 14.0 Å². The summed E-state index contributed by atoms with van der Waals surface area (Å²) in [6.07, 6.45) is 0.519. The molecule has 4 atom stereocenters. The van der Waals surface area contributed by atoms with Crippen LogP contribution in [-0.2, 0) is 14.0 Å². The molecular weight excluding hydrogens is 428 g/mol. The summed E-state index contributed by atoms with van der Waals surface area (Å²) in [6, 6.07) is 0. The van der Waals surface area contributed by atoms with Crippen LogP contribution in [0.5, 0.6) is 0 Å². The fourth-order valence-corrected chi connectivity index (χ4v) is 4.83. The van der Waals surface area contributed by atoms with Gasteiger partial charge in [-0.2, -0.15) is 4.98 Å².